The lowest BCUT2D eigenvalue weighted by Gasteiger charge is -2.00. The third-order valence-electron chi connectivity index (χ3n) is 2.38. The largest absolute Gasteiger partial charge is 0.289 e. The molecule has 1 N–H and O–H groups in total. The average Bonchev–Trinajstić information content (AvgIpc) is 2.47. The van der Waals surface area contributed by atoms with Crippen molar-refractivity contribution < 1.29 is 9.59 Å². The van der Waals surface area contributed by atoms with Crippen LogP contribution in [-0.2, 0) is 4.79 Å². The van der Waals surface area contributed by atoms with E-state index in [-0.39, 0.29) is 0 Å². The molecule has 0 atom stereocenters. The maximum atomic E-state index is 11.7. The summed E-state index contributed by atoms with van der Waals surface area (Å²) in [4.78, 5) is 27.2. The highest BCUT2D eigenvalue weighted by Crippen LogP contribution is 2.00. The quantitative estimate of drug-likeness (QED) is 0.850. The van der Waals surface area contributed by atoms with Gasteiger partial charge in [-0.3, -0.25) is 19.9 Å². The van der Waals surface area contributed by atoms with Crippen LogP contribution in [0.2, 0.25) is 0 Å². The van der Waals surface area contributed by atoms with Crippen LogP contribution in [0.4, 0.5) is 0 Å². The number of hydrogen-bond donors (Lipinski definition) is 1. The minimum absolute atomic E-state index is 0.415. The molecule has 1 aromatic carbocycles. The van der Waals surface area contributed by atoms with Crippen molar-refractivity contribution in [3.8, 4) is 0 Å². The van der Waals surface area contributed by atoms with Crippen molar-refractivity contribution in [2.75, 3.05) is 0 Å². The molecule has 2 aromatic rings. The van der Waals surface area contributed by atoms with E-state index in [1.165, 1.54) is 6.08 Å². The number of imide groups is 1. The molecule has 1 aromatic heterocycles. The number of amides is 2. The molecule has 0 saturated carbocycles. The number of rotatable bonds is 3. The smallest absolute Gasteiger partial charge is 0.258 e. The van der Waals surface area contributed by atoms with Gasteiger partial charge in [0.25, 0.3) is 11.8 Å². The lowest BCUT2D eigenvalue weighted by atomic mass is 10.2. The maximum absolute atomic E-state index is 11.7. The molecule has 0 aliphatic rings. The summed E-state index contributed by atoms with van der Waals surface area (Å²) in [5.74, 6) is -0.876. The van der Waals surface area contributed by atoms with Gasteiger partial charge in [-0.25, -0.2) is 0 Å². The fourth-order valence-corrected chi connectivity index (χ4v) is 1.46. The first kappa shape index (κ1) is 12.7. The molecule has 0 aliphatic heterocycles. The van der Waals surface area contributed by atoms with Gasteiger partial charge in [0, 0.05) is 24.0 Å². The first-order valence-electron chi connectivity index (χ1n) is 5.74. The summed E-state index contributed by atoms with van der Waals surface area (Å²) in [6.07, 6.45) is 6.18. The molecule has 19 heavy (non-hydrogen) atoms. The summed E-state index contributed by atoms with van der Waals surface area (Å²) in [7, 11) is 0. The number of nitrogens with one attached hydrogen (secondary N) is 1. The first-order chi connectivity index (χ1) is 9.25. The van der Waals surface area contributed by atoms with Gasteiger partial charge in [-0.2, -0.15) is 0 Å². The molecule has 0 spiro atoms. The summed E-state index contributed by atoms with van der Waals surface area (Å²) in [5.41, 5.74) is 1.25. The molecule has 4 heteroatoms. The standard InChI is InChI=1S/C15H12N2O2/c18-14(9-8-12-5-4-10-16-11-12)17-15(19)13-6-2-1-3-7-13/h1-11H,(H,17,18,19)/b9-8+. The average molecular weight is 252 g/mol. The summed E-state index contributed by atoms with van der Waals surface area (Å²) < 4.78 is 0. The molecule has 2 amide bonds. The SMILES string of the molecule is O=C(/C=C/c1cccnc1)NC(=O)c1ccccc1. The number of hydrogen-bond acceptors (Lipinski definition) is 3. The molecule has 4 nitrogen and oxygen atoms in total. The van der Waals surface area contributed by atoms with Gasteiger partial charge in [-0.15, -0.1) is 0 Å². The zero-order chi connectivity index (χ0) is 13.5. The number of carbonyl (C=O) groups is 2. The second kappa shape index (κ2) is 6.26. The normalized spacial score (nSPS) is 10.3. The lowest BCUT2D eigenvalue weighted by Crippen LogP contribution is -2.28. The molecule has 0 unspecified atom stereocenters. The fraction of sp³-hybridized carbons (Fsp3) is 0. The predicted octanol–water partition coefficient (Wildman–Crippen LogP) is 2.05. The van der Waals surface area contributed by atoms with E-state index in [1.54, 1.807) is 54.9 Å². The van der Waals surface area contributed by atoms with Crippen LogP contribution in [0.3, 0.4) is 0 Å². The molecule has 0 saturated heterocycles. The van der Waals surface area contributed by atoms with Crippen molar-refractivity contribution in [1.82, 2.24) is 10.3 Å². The minimum atomic E-state index is -0.460. The Kier molecular flexibility index (Phi) is 4.18. The Balaban J connectivity index is 1.95. The van der Waals surface area contributed by atoms with E-state index in [4.69, 9.17) is 0 Å². The van der Waals surface area contributed by atoms with Gasteiger partial charge in [0.1, 0.15) is 0 Å². The molecule has 0 bridgehead atoms. The van der Waals surface area contributed by atoms with Crippen molar-refractivity contribution >= 4 is 17.9 Å². The summed E-state index contributed by atoms with van der Waals surface area (Å²) in [6.45, 7) is 0. The molecule has 94 valence electrons. The van der Waals surface area contributed by atoms with Crippen LogP contribution >= 0.6 is 0 Å². The Morgan fingerprint density at radius 2 is 1.84 bits per heavy atom. The molecular weight excluding hydrogens is 240 g/mol. The Morgan fingerprint density at radius 3 is 2.53 bits per heavy atom. The van der Waals surface area contributed by atoms with Crippen molar-refractivity contribution in [2.24, 2.45) is 0 Å². The summed E-state index contributed by atoms with van der Waals surface area (Å²) >= 11 is 0. The highest BCUT2D eigenvalue weighted by atomic mass is 16.2. The van der Waals surface area contributed by atoms with Gasteiger partial charge >= 0.3 is 0 Å². The second-order valence-electron chi connectivity index (χ2n) is 3.80. The van der Waals surface area contributed by atoms with Crippen molar-refractivity contribution in [3.05, 3.63) is 72.1 Å². The van der Waals surface area contributed by atoms with Crippen LogP contribution in [0, 0.1) is 0 Å². The third kappa shape index (κ3) is 3.89. The van der Waals surface area contributed by atoms with Crippen LogP contribution in [0.1, 0.15) is 15.9 Å². The Hall–Kier alpha value is -2.75. The minimum Gasteiger partial charge on any atom is -0.289 e. The van der Waals surface area contributed by atoms with Gasteiger partial charge in [0.15, 0.2) is 0 Å². The van der Waals surface area contributed by atoms with Crippen LogP contribution in [0.25, 0.3) is 6.08 Å². The number of nitrogens with zero attached hydrogens (tertiary/aromatic N) is 1. The van der Waals surface area contributed by atoms with Crippen LogP contribution in [0.5, 0.6) is 0 Å². The van der Waals surface area contributed by atoms with Gasteiger partial charge in [-0.1, -0.05) is 24.3 Å². The van der Waals surface area contributed by atoms with Gasteiger partial charge in [0.2, 0.25) is 0 Å². The van der Waals surface area contributed by atoms with E-state index in [2.05, 4.69) is 10.3 Å². The number of carbonyl (C=O) groups excluding carboxylic acids is 2. The van der Waals surface area contributed by atoms with Crippen LogP contribution in [0.15, 0.2) is 60.9 Å². The molecular formula is C15H12N2O2. The first-order valence-corrected chi connectivity index (χ1v) is 5.74. The van der Waals surface area contributed by atoms with E-state index in [0.717, 1.165) is 5.56 Å². The summed E-state index contributed by atoms with van der Waals surface area (Å²) in [6, 6.07) is 12.2. The third-order valence-corrected chi connectivity index (χ3v) is 2.38. The molecule has 0 radical (unpaired) electrons. The van der Waals surface area contributed by atoms with Crippen molar-refractivity contribution in [1.29, 1.82) is 0 Å². The summed E-state index contributed by atoms with van der Waals surface area (Å²) in [5, 5.41) is 2.28. The van der Waals surface area contributed by atoms with E-state index in [9.17, 15) is 9.59 Å². The molecule has 0 aliphatic carbocycles. The van der Waals surface area contributed by atoms with E-state index in [0.29, 0.717) is 5.56 Å². The molecule has 0 fully saturated rings. The van der Waals surface area contributed by atoms with Gasteiger partial charge in [-0.05, 0) is 29.8 Å². The topological polar surface area (TPSA) is 59.1 Å². The second-order valence-corrected chi connectivity index (χ2v) is 3.80. The van der Waals surface area contributed by atoms with Crippen LogP contribution < -0.4 is 5.32 Å². The maximum Gasteiger partial charge on any atom is 0.258 e. The lowest BCUT2D eigenvalue weighted by molar-refractivity contribution is -0.115. The molecule has 1 heterocycles. The Bertz CT molecular complexity index is 592. The number of benzene rings is 1. The monoisotopic (exact) mass is 252 g/mol. The Labute approximate surface area is 110 Å². The van der Waals surface area contributed by atoms with Crippen LogP contribution in [-0.4, -0.2) is 16.8 Å². The Morgan fingerprint density at radius 1 is 1.05 bits per heavy atom. The van der Waals surface area contributed by atoms with E-state index in [1.807, 2.05) is 6.07 Å². The highest BCUT2D eigenvalue weighted by Gasteiger charge is 2.06. The van der Waals surface area contributed by atoms with Crippen molar-refractivity contribution in [3.63, 3.8) is 0 Å². The van der Waals surface area contributed by atoms with E-state index >= 15 is 0 Å². The number of pyridine rings is 1. The highest BCUT2D eigenvalue weighted by molar-refractivity contribution is 6.09. The van der Waals surface area contributed by atoms with Crippen molar-refractivity contribution in [2.45, 2.75) is 0 Å². The van der Waals surface area contributed by atoms with E-state index < -0.39 is 11.8 Å². The van der Waals surface area contributed by atoms with Gasteiger partial charge in [0.05, 0.1) is 0 Å². The zero-order valence-electron chi connectivity index (χ0n) is 10.1. The molecule has 2 rings (SSSR count). The number of aromatic nitrogens is 1. The van der Waals surface area contributed by atoms with Gasteiger partial charge < -0.3 is 0 Å². The zero-order valence-corrected chi connectivity index (χ0v) is 10.1. The fourth-order valence-electron chi connectivity index (χ4n) is 1.46. The predicted molar refractivity (Wildman–Crippen MR) is 72.2 cm³/mol.